The number of amides is 1. The second kappa shape index (κ2) is 5.68. The van der Waals surface area contributed by atoms with Gasteiger partial charge in [-0.2, -0.15) is 0 Å². The molecule has 1 saturated carbocycles. The molecule has 1 aliphatic carbocycles. The van der Waals surface area contributed by atoms with E-state index < -0.39 is 0 Å². The van der Waals surface area contributed by atoms with Gasteiger partial charge in [0.2, 0.25) is 5.91 Å². The van der Waals surface area contributed by atoms with Crippen LogP contribution in [0.3, 0.4) is 0 Å². The predicted molar refractivity (Wildman–Crippen MR) is 82.1 cm³/mol. The lowest BCUT2D eigenvalue weighted by Gasteiger charge is -2.24. The number of hydrogen-bond acceptors (Lipinski definition) is 3. The summed E-state index contributed by atoms with van der Waals surface area (Å²) in [5.74, 6) is 1.17. The molecule has 1 atom stereocenters. The molecule has 0 aromatic heterocycles. The second-order valence-electron chi connectivity index (χ2n) is 5.98. The molecule has 4 nitrogen and oxygen atoms in total. The largest absolute Gasteiger partial charge is 0.494 e. The maximum atomic E-state index is 12.6. The minimum atomic E-state index is -0.253. The number of nitrogens with zero attached hydrogens (tertiary/aromatic N) is 1. The van der Waals surface area contributed by atoms with E-state index in [0.29, 0.717) is 6.61 Å². The van der Waals surface area contributed by atoms with Crippen LogP contribution in [-0.4, -0.2) is 29.5 Å². The van der Waals surface area contributed by atoms with Crippen LogP contribution in [-0.2, 0) is 4.79 Å². The Morgan fingerprint density at radius 2 is 2.00 bits per heavy atom. The van der Waals surface area contributed by atoms with Gasteiger partial charge in [0.1, 0.15) is 17.5 Å². The zero-order chi connectivity index (χ0) is 14.9. The van der Waals surface area contributed by atoms with Gasteiger partial charge in [-0.05, 0) is 43.9 Å². The number of unbranched alkanes of at least 4 members (excludes halogenated alkanes) is 1. The molecule has 1 N–H and O–H groups in total. The third kappa shape index (κ3) is 2.64. The quantitative estimate of drug-likeness (QED) is 0.875. The Bertz CT molecular complexity index is 508. The van der Waals surface area contributed by atoms with Crippen LogP contribution in [0.4, 0.5) is 0 Å². The Balaban J connectivity index is 1.79. The van der Waals surface area contributed by atoms with E-state index in [9.17, 15) is 4.79 Å². The number of carbonyl (C=O) groups excluding carboxylic acids is 1. The summed E-state index contributed by atoms with van der Waals surface area (Å²) >= 11 is 0. The third-order valence-electron chi connectivity index (χ3n) is 4.40. The monoisotopic (exact) mass is 288 g/mol. The lowest BCUT2D eigenvalue weighted by molar-refractivity contribution is -0.130. The smallest absolute Gasteiger partial charge is 0.244 e. The zero-order valence-electron chi connectivity index (χ0n) is 12.9. The Hall–Kier alpha value is -1.55. The fraction of sp³-hybridized carbons (Fsp3) is 0.588. The molecule has 0 radical (unpaired) electrons. The van der Waals surface area contributed by atoms with E-state index in [1.165, 1.54) is 0 Å². The van der Waals surface area contributed by atoms with Crippen molar-refractivity contribution in [2.75, 3.05) is 13.2 Å². The highest BCUT2D eigenvalue weighted by Gasteiger charge is 2.59. The van der Waals surface area contributed by atoms with Crippen molar-refractivity contribution in [2.45, 2.75) is 51.2 Å². The van der Waals surface area contributed by atoms with E-state index >= 15 is 0 Å². The van der Waals surface area contributed by atoms with Gasteiger partial charge in [-0.25, -0.2) is 0 Å². The highest BCUT2D eigenvalue weighted by Crippen LogP contribution is 2.46. The number of rotatable bonds is 6. The summed E-state index contributed by atoms with van der Waals surface area (Å²) < 4.78 is 5.49. The first-order chi connectivity index (χ1) is 10.2. The average Bonchev–Trinajstić information content (AvgIpc) is 3.22. The van der Waals surface area contributed by atoms with Gasteiger partial charge >= 0.3 is 0 Å². The van der Waals surface area contributed by atoms with Crippen molar-refractivity contribution in [3.63, 3.8) is 0 Å². The van der Waals surface area contributed by atoms with Gasteiger partial charge in [-0.1, -0.05) is 25.5 Å². The van der Waals surface area contributed by atoms with Crippen molar-refractivity contribution < 1.29 is 9.53 Å². The van der Waals surface area contributed by atoms with Crippen molar-refractivity contribution in [2.24, 2.45) is 0 Å². The van der Waals surface area contributed by atoms with Crippen molar-refractivity contribution in [3.8, 4) is 5.75 Å². The van der Waals surface area contributed by atoms with Crippen molar-refractivity contribution in [1.29, 1.82) is 0 Å². The van der Waals surface area contributed by atoms with Crippen molar-refractivity contribution in [3.05, 3.63) is 29.8 Å². The summed E-state index contributed by atoms with van der Waals surface area (Å²) in [6.07, 6.45) is 4.12. The molecule has 1 saturated heterocycles. The summed E-state index contributed by atoms with van der Waals surface area (Å²) in [4.78, 5) is 14.6. The van der Waals surface area contributed by atoms with E-state index in [1.54, 1.807) is 0 Å². The molecule has 1 spiro atoms. The molecule has 1 amide bonds. The molecule has 0 bridgehead atoms. The van der Waals surface area contributed by atoms with Gasteiger partial charge < -0.3 is 9.64 Å². The topological polar surface area (TPSA) is 41.6 Å². The SMILES string of the molecule is CCCCN1C(=O)C2(CC2)NC1c1ccc(OCC)cc1. The normalized spacial score (nSPS) is 22.9. The minimum absolute atomic E-state index is 0.0160. The number of benzene rings is 1. The van der Waals surface area contributed by atoms with Crippen LogP contribution >= 0.6 is 0 Å². The van der Waals surface area contributed by atoms with Gasteiger partial charge in [-0.15, -0.1) is 0 Å². The van der Waals surface area contributed by atoms with Gasteiger partial charge in [0.25, 0.3) is 0 Å². The molecular formula is C17H24N2O2. The summed E-state index contributed by atoms with van der Waals surface area (Å²) in [7, 11) is 0. The van der Waals surface area contributed by atoms with Gasteiger partial charge in [0.05, 0.1) is 6.61 Å². The molecule has 2 aliphatic rings. The average molecular weight is 288 g/mol. The van der Waals surface area contributed by atoms with E-state index in [0.717, 1.165) is 43.5 Å². The lowest BCUT2D eigenvalue weighted by atomic mass is 10.1. The van der Waals surface area contributed by atoms with E-state index in [4.69, 9.17) is 4.74 Å². The highest BCUT2D eigenvalue weighted by atomic mass is 16.5. The first kappa shape index (κ1) is 14.4. The molecule has 1 aliphatic heterocycles. The summed E-state index contributed by atoms with van der Waals surface area (Å²) in [6.45, 7) is 5.65. The predicted octanol–water partition coefficient (Wildman–Crippen LogP) is 2.85. The van der Waals surface area contributed by atoms with Crippen LogP contribution in [0.5, 0.6) is 5.75 Å². The van der Waals surface area contributed by atoms with Crippen LogP contribution in [0.1, 0.15) is 51.3 Å². The molecule has 3 rings (SSSR count). The summed E-state index contributed by atoms with van der Waals surface area (Å²) in [5.41, 5.74) is 0.892. The standard InChI is InChI=1S/C17H24N2O2/c1-3-5-12-19-15(18-17(10-11-17)16(19)20)13-6-8-14(9-7-13)21-4-2/h6-9,15,18H,3-5,10-12H2,1-2H3. The molecule has 4 heteroatoms. The Labute approximate surface area is 126 Å². The Kier molecular flexibility index (Phi) is 3.89. The maximum Gasteiger partial charge on any atom is 0.244 e. The fourth-order valence-electron chi connectivity index (χ4n) is 3.01. The number of carbonyl (C=O) groups is 1. The number of ether oxygens (including phenoxy) is 1. The molecular weight excluding hydrogens is 264 g/mol. The second-order valence-corrected chi connectivity index (χ2v) is 5.98. The van der Waals surface area contributed by atoms with Gasteiger partial charge in [-0.3, -0.25) is 10.1 Å². The van der Waals surface area contributed by atoms with Gasteiger partial charge in [0, 0.05) is 6.54 Å². The van der Waals surface area contributed by atoms with Crippen LogP contribution in [0, 0.1) is 0 Å². The van der Waals surface area contributed by atoms with Crippen LogP contribution < -0.4 is 10.1 Å². The molecule has 1 unspecified atom stereocenters. The first-order valence-electron chi connectivity index (χ1n) is 8.01. The highest BCUT2D eigenvalue weighted by molar-refractivity contribution is 5.92. The Morgan fingerprint density at radius 3 is 2.57 bits per heavy atom. The molecule has 1 heterocycles. The van der Waals surface area contributed by atoms with E-state index in [-0.39, 0.29) is 17.6 Å². The zero-order valence-corrected chi connectivity index (χ0v) is 12.9. The molecule has 1 aromatic carbocycles. The maximum absolute atomic E-state index is 12.6. The van der Waals surface area contributed by atoms with E-state index in [2.05, 4.69) is 24.4 Å². The molecule has 2 fully saturated rings. The molecule has 1 aromatic rings. The minimum Gasteiger partial charge on any atom is -0.494 e. The van der Waals surface area contributed by atoms with Crippen molar-refractivity contribution in [1.82, 2.24) is 10.2 Å². The third-order valence-corrected chi connectivity index (χ3v) is 4.40. The molecule has 114 valence electrons. The van der Waals surface area contributed by atoms with E-state index in [1.807, 2.05) is 24.0 Å². The van der Waals surface area contributed by atoms with Crippen LogP contribution in [0.15, 0.2) is 24.3 Å². The number of hydrogen-bond donors (Lipinski definition) is 1. The molecule has 21 heavy (non-hydrogen) atoms. The number of nitrogens with one attached hydrogen (secondary N) is 1. The lowest BCUT2D eigenvalue weighted by Crippen LogP contribution is -2.32. The van der Waals surface area contributed by atoms with Crippen molar-refractivity contribution >= 4 is 5.91 Å². The van der Waals surface area contributed by atoms with Crippen LogP contribution in [0.2, 0.25) is 0 Å². The first-order valence-corrected chi connectivity index (χ1v) is 8.01. The summed E-state index contributed by atoms with van der Waals surface area (Å²) in [6, 6.07) is 8.11. The van der Waals surface area contributed by atoms with Gasteiger partial charge in [0.15, 0.2) is 0 Å². The fourth-order valence-corrected chi connectivity index (χ4v) is 3.01. The Morgan fingerprint density at radius 1 is 1.29 bits per heavy atom. The van der Waals surface area contributed by atoms with Crippen LogP contribution in [0.25, 0.3) is 0 Å². The summed E-state index contributed by atoms with van der Waals surface area (Å²) in [5, 5.41) is 3.55.